The van der Waals surface area contributed by atoms with E-state index in [0.717, 1.165) is 4.47 Å². The zero-order valence-electron chi connectivity index (χ0n) is 12.0. The molecule has 0 atom stereocenters. The maximum absolute atomic E-state index is 12.4. The molecule has 3 aromatic rings. The molecule has 7 heteroatoms. The normalized spacial score (nSPS) is 10.7. The third kappa shape index (κ3) is 3.24. The average Bonchev–Trinajstić information content (AvgIpc) is 2.53. The van der Waals surface area contributed by atoms with Gasteiger partial charge in [0.1, 0.15) is 6.54 Å². The first-order chi connectivity index (χ1) is 11.0. The Balaban J connectivity index is 1.87. The maximum Gasteiger partial charge on any atom is 0.261 e. The van der Waals surface area contributed by atoms with E-state index in [1.807, 2.05) is 18.2 Å². The Hall–Kier alpha value is -2.67. The molecule has 0 spiro atoms. The van der Waals surface area contributed by atoms with Crippen LogP contribution in [0.2, 0.25) is 0 Å². The highest BCUT2D eigenvalue weighted by molar-refractivity contribution is 9.10. The molecule has 0 aliphatic heterocycles. The fourth-order valence-electron chi connectivity index (χ4n) is 2.20. The summed E-state index contributed by atoms with van der Waals surface area (Å²) in [6.45, 7) is -0.127. The molecule has 0 saturated carbocycles. The van der Waals surface area contributed by atoms with Gasteiger partial charge in [-0.25, -0.2) is 4.98 Å². The number of nitrogens with two attached hydrogens (primary N) is 1. The van der Waals surface area contributed by atoms with Gasteiger partial charge in [-0.2, -0.15) is 0 Å². The number of rotatable bonds is 3. The first-order valence-corrected chi connectivity index (χ1v) is 7.63. The molecular formula is C16H13BrN4O2. The third-order valence-corrected chi connectivity index (χ3v) is 4.00. The van der Waals surface area contributed by atoms with Crippen LogP contribution in [0.15, 0.2) is 58.1 Å². The molecule has 0 radical (unpaired) electrons. The van der Waals surface area contributed by atoms with Crippen molar-refractivity contribution < 1.29 is 4.79 Å². The minimum atomic E-state index is -0.316. The van der Waals surface area contributed by atoms with Crippen LogP contribution in [-0.2, 0) is 11.3 Å². The van der Waals surface area contributed by atoms with Gasteiger partial charge in [-0.15, -0.1) is 0 Å². The molecule has 1 amide bonds. The lowest BCUT2D eigenvalue weighted by atomic mass is 10.2. The quantitative estimate of drug-likeness (QED) is 0.690. The van der Waals surface area contributed by atoms with Crippen LogP contribution in [0.25, 0.3) is 10.9 Å². The second-order valence-corrected chi connectivity index (χ2v) is 5.84. The summed E-state index contributed by atoms with van der Waals surface area (Å²) in [5.74, 6) is -0.316. The standard InChI is InChI=1S/C16H13BrN4O2/c17-12-3-1-2-4-14(12)20-15(22)8-21-9-19-13-6-5-10(18)7-11(13)16(21)23/h1-7,9H,8,18H2,(H,20,22). The first-order valence-electron chi connectivity index (χ1n) is 6.83. The fourth-order valence-corrected chi connectivity index (χ4v) is 2.58. The van der Waals surface area contributed by atoms with Crippen LogP contribution in [0.4, 0.5) is 11.4 Å². The molecule has 2 aromatic carbocycles. The fraction of sp³-hybridized carbons (Fsp3) is 0.0625. The number of anilines is 2. The highest BCUT2D eigenvalue weighted by atomic mass is 79.9. The summed E-state index contributed by atoms with van der Waals surface area (Å²) < 4.78 is 2.03. The van der Waals surface area contributed by atoms with E-state index >= 15 is 0 Å². The lowest BCUT2D eigenvalue weighted by Crippen LogP contribution is -2.28. The second-order valence-electron chi connectivity index (χ2n) is 4.98. The summed E-state index contributed by atoms with van der Waals surface area (Å²) in [6, 6.07) is 12.2. The monoisotopic (exact) mass is 372 g/mol. The van der Waals surface area contributed by atoms with Gasteiger partial charge in [-0.05, 0) is 46.3 Å². The molecule has 3 N–H and O–H groups in total. The minimum Gasteiger partial charge on any atom is -0.399 e. The van der Waals surface area contributed by atoms with Gasteiger partial charge in [-0.1, -0.05) is 12.1 Å². The molecule has 23 heavy (non-hydrogen) atoms. The number of hydrogen-bond donors (Lipinski definition) is 2. The summed E-state index contributed by atoms with van der Waals surface area (Å²) >= 11 is 3.36. The van der Waals surface area contributed by atoms with Gasteiger partial charge in [0.2, 0.25) is 5.91 Å². The van der Waals surface area contributed by atoms with Crippen molar-refractivity contribution in [2.45, 2.75) is 6.54 Å². The predicted octanol–water partition coefficient (Wildman–Crippen LogP) is 2.38. The van der Waals surface area contributed by atoms with Crippen LogP contribution in [0.1, 0.15) is 0 Å². The van der Waals surface area contributed by atoms with E-state index in [1.165, 1.54) is 10.9 Å². The van der Waals surface area contributed by atoms with Crippen LogP contribution in [0.3, 0.4) is 0 Å². The van der Waals surface area contributed by atoms with Gasteiger partial charge in [0.15, 0.2) is 0 Å². The molecule has 6 nitrogen and oxygen atoms in total. The molecule has 1 aromatic heterocycles. The van der Waals surface area contributed by atoms with Crippen molar-refractivity contribution in [1.29, 1.82) is 0 Å². The summed E-state index contributed by atoms with van der Waals surface area (Å²) in [7, 11) is 0. The van der Waals surface area contributed by atoms with Crippen molar-refractivity contribution in [3.05, 3.63) is 63.6 Å². The summed E-state index contributed by atoms with van der Waals surface area (Å²) in [5, 5.41) is 3.14. The molecule has 0 fully saturated rings. The Labute approximate surface area is 140 Å². The Morgan fingerprint density at radius 3 is 2.83 bits per heavy atom. The number of fused-ring (bicyclic) bond motifs is 1. The highest BCUT2D eigenvalue weighted by Crippen LogP contribution is 2.21. The van der Waals surface area contributed by atoms with Gasteiger partial charge in [0, 0.05) is 10.2 Å². The van der Waals surface area contributed by atoms with Gasteiger partial charge in [-0.3, -0.25) is 14.2 Å². The molecule has 116 valence electrons. The Bertz CT molecular complexity index is 952. The molecule has 0 aliphatic carbocycles. The third-order valence-electron chi connectivity index (χ3n) is 3.31. The number of halogens is 1. The van der Waals surface area contributed by atoms with Crippen molar-refractivity contribution in [1.82, 2.24) is 9.55 Å². The van der Waals surface area contributed by atoms with Crippen LogP contribution < -0.4 is 16.6 Å². The average molecular weight is 373 g/mol. The van der Waals surface area contributed by atoms with Crippen LogP contribution in [0, 0.1) is 0 Å². The number of para-hydroxylation sites is 1. The van der Waals surface area contributed by atoms with E-state index in [1.54, 1.807) is 24.3 Å². The molecule has 0 aliphatic rings. The first kappa shape index (κ1) is 15.2. The number of nitrogens with one attached hydrogen (secondary N) is 1. The number of aromatic nitrogens is 2. The summed E-state index contributed by atoms with van der Waals surface area (Å²) in [5.41, 5.74) is 7.07. The molecule has 0 unspecified atom stereocenters. The van der Waals surface area contributed by atoms with E-state index in [9.17, 15) is 9.59 Å². The number of benzene rings is 2. The summed E-state index contributed by atoms with van der Waals surface area (Å²) in [6.07, 6.45) is 1.36. The molecule has 1 heterocycles. The highest BCUT2D eigenvalue weighted by Gasteiger charge is 2.10. The number of amides is 1. The molecule has 0 saturated heterocycles. The Morgan fingerprint density at radius 2 is 2.04 bits per heavy atom. The SMILES string of the molecule is Nc1ccc2ncn(CC(=O)Nc3ccccc3Br)c(=O)c2c1. The minimum absolute atomic E-state index is 0.127. The maximum atomic E-state index is 12.4. The van der Waals surface area contributed by atoms with E-state index < -0.39 is 0 Å². The van der Waals surface area contributed by atoms with E-state index in [0.29, 0.717) is 22.3 Å². The second kappa shape index (κ2) is 6.21. The van der Waals surface area contributed by atoms with Crippen molar-refractivity contribution in [3.63, 3.8) is 0 Å². The lowest BCUT2D eigenvalue weighted by molar-refractivity contribution is -0.116. The topological polar surface area (TPSA) is 90.0 Å². The smallest absolute Gasteiger partial charge is 0.261 e. The Kier molecular flexibility index (Phi) is 4.12. The number of carbonyl (C=O) groups is 1. The van der Waals surface area contributed by atoms with E-state index in [-0.39, 0.29) is 18.0 Å². The van der Waals surface area contributed by atoms with Crippen molar-refractivity contribution in [3.8, 4) is 0 Å². The van der Waals surface area contributed by atoms with Crippen LogP contribution in [0.5, 0.6) is 0 Å². The van der Waals surface area contributed by atoms with Gasteiger partial charge >= 0.3 is 0 Å². The number of nitrogen functional groups attached to an aromatic ring is 1. The summed E-state index contributed by atoms with van der Waals surface area (Å²) in [4.78, 5) is 28.7. The van der Waals surface area contributed by atoms with Crippen molar-refractivity contribution in [2.75, 3.05) is 11.1 Å². The van der Waals surface area contributed by atoms with Crippen molar-refractivity contribution in [2.24, 2.45) is 0 Å². The van der Waals surface area contributed by atoms with Gasteiger partial charge in [0.25, 0.3) is 5.56 Å². The van der Waals surface area contributed by atoms with Crippen LogP contribution in [-0.4, -0.2) is 15.5 Å². The van der Waals surface area contributed by atoms with Crippen LogP contribution >= 0.6 is 15.9 Å². The number of carbonyl (C=O) groups excluding carboxylic acids is 1. The Morgan fingerprint density at radius 1 is 1.26 bits per heavy atom. The predicted molar refractivity (Wildman–Crippen MR) is 93.2 cm³/mol. The zero-order chi connectivity index (χ0) is 16.4. The van der Waals surface area contributed by atoms with E-state index in [2.05, 4.69) is 26.2 Å². The largest absolute Gasteiger partial charge is 0.399 e. The molecule has 3 rings (SSSR count). The van der Waals surface area contributed by atoms with Crippen molar-refractivity contribution >= 4 is 44.1 Å². The molecular weight excluding hydrogens is 360 g/mol. The molecule has 0 bridgehead atoms. The van der Waals surface area contributed by atoms with E-state index in [4.69, 9.17) is 5.73 Å². The zero-order valence-corrected chi connectivity index (χ0v) is 13.6. The number of hydrogen-bond acceptors (Lipinski definition) is 4. The number of nitrogens with zero attached hydrogens (tertiary/aromatic N) is 2. The lowest BCUT2D eigenvalue weighted by Gasteiger charge is -2.09. The van der Waals surface area contributed by atoms with Gasteiger partial charge < -0.3 is 11.1 Å². The van der Waals surface area contributed by atoms with Gasteiger partial charge in [0.05, 0.1) is 22.9 Å².